The van der Waals surface area contributed by atoms with E-state index in [1.807, 2.05) is 30.3 Å². The quantitative estimate of drug-likeness (QED) is 0.644. The standard InChI is InChI=1S/C21H24FN3/c22-19-11-15(16-9-10-20-21(12-16)25-14-24-20)7-8-17(19)13-23-18-5-3-1-2-4-6-18/h7-12,14,18,23H,1-6,13H2,(H,24,25). The summed E-state index contributed by atoms with van der Waals surface area (Å²) in [4.78, 5) is 7.35. The number of rotatable bonds is 4. The molecule has 1 saturated carbocycles. The normalized spacial score (nSPS) is 16.2. The Balaban J connectivity index is 1.48. The Kier molecular flexibility index (Phi) is 4.79. The second-order valence-corrected chi connectivity index (χ2v) is 7.01. The first-order valence-corrected chi connectivity index (χ1v) is 9.25. The van der Waals surface area contributed by atoms with E-state index in [0.29, 0.717) is 12.6 Å². The maximum absolute atomic E-state index is 14.6. The molecule has 0 radical (unpaired) electrons. The molecular weight excluding hydrogens is 313 g/mol. The van der Waals surface area contributed by atoms with Gasteiger partial charge < -0.3 is 10.3 Å². The number of hydrogen-bond acceptors (Lipinski definition) is 2. The summed E-state index contributed by atoms with van der Waals surface area (Å²) in [5.74, 6) is -0.138. The Morgan fingerprint density at radius 2 is 1.76 bits per heavy atom. The van der Waals surface area contributed by atoms with E-state index in [1.54, 1.807) is 12.4 Å². The molecule has 0 unspecified atom stereocenters. The second-order valence-electron chi connectivity index (χ2n) is 7.01. The van der Waals surface area contributed by atoms with Crippen molar-refractivity contribution in [3.8, 4) is 11.1 Å². The van der Waals surface area contributed by atoms with Crippen LogP contribution in [0.2, 0.25) is 0 Å². The molecule has 1 aliphatic carbocycles. The lowest BCUT2D eigenvalue weighted by molar-refractivity contribution is 0.452. The maximum Gasteiger partial charge on any atom is 0.128 e. The lowest BCUT2D eigenvalue weighted by atomic mass is 10.0. The predicted octanol–water partition coefficient (Wildman–Crippen LogP) is 5.18. The van der Waals surface area contributed by atoms with Crippen molar-refractivity contribution in [2.24, 2.45) is 0 Å². The number of imidazole rings is 1. The number of aromatic nitrogens is 2. The number of benzene rings is 2. The minimum Gasteiger partial charge on any atom is -0.345 e. The number of nitrogens with zero attached hydrogens (tertiary/aromatic N) is 1. The van der Waals surface area contributed by atoms with Gasteiger partial charge in [-0.15, -0.1) is 0 Å². The predicted molar refractivity (Wildman–Crippen MR) is 99.8 cm³/mol. The van der Waals surface area contributed by atoms with Crippen LogP contribution in [0.3, 0.4) is 0 Å². The molecule has 0 amide bonds. The van der Waals surface area contributed by atoms with Crippen LogP contribution in [0.5, 0.6) is 0 Å². The van der Waals surface area contributed by atoms with Crippen molar-refractivity contribution in [3.63, 3.8) is 0 Å². The molecule has 0 atom stereocenters. The van der Waals surface area contributed by atoms with Crippen LogP contribution in [0, 0.1) is 5.82 Å². The van der Waals surface area contributed by atoms with E-state index >= 15 is 0 Å². The van der Waals surface area contributed by atoms with Crippen molar-refractivity contribution in [2.75, 3.05) is 0 Å². The third kappa shape index (κ3) is 3.74. The van der Waals surface area contributed by atoms with Crippen molar-refractivity contribution >= 4 is 11.0 Å². The summed E-state index contributed by atoms with van der Waals surface area (Å²) in [7, 11) is 0. The first-order valence-electron chi connectivity index (χ1n) is 9.25. The molecular formula is C21H24FN3. The van der Waals surface area contributed by atoms with Gasteiger partial charge in [0.1, 0.15) is 5.82 Å². The number of nitrogens with one attached hydrogen (secondary N) is 2. The molecule has 3 nitrogen and oxygen atoms in total. The minimum atomic E-state index is -0.138. The van der Waals surface area contributed by atoms with E-state index < -0.39 is 0 Å². The van der Waals surface area contributed by atoms with Gasteiger partial charge in [-0.3, -0.25) is 0 Å². The van der Waals surface area contributed by atoms with E-state index in [1.165, 1.54) is 38.5 Å². The molecule has 130 valence electrons. The van der Waals surface area contributed by atoms with Gasteiger partial charge in [0, 0.05) is 18.2 Å². The van der Waals surface area contributed by atoms with E-state index in [2.05, 4.69) is 15.3 Å². The van der Waals surface area contributed by atoms with E-state index in [0.717, 1.165) is 27.7 Å². The first kappa shape index (κ1) is 16.3. The van der Waals surface area contributed by atoms with Crippen LogP contribution in [0.25, 0.3) is 22.2 Å². The van der Waals surface area contributed by atoms with Gasteiger partial charge in [0.25, 0.3) is 0 Å². The van der Waals surface area contributed by atoms with Crippen molar-refractivity contribution in [1.82, 2.24) is 15.3 Å². The van der Waals surface area contributed by atoms with Crippen molar-refractivity contribution in [1.29, 1.82) is 0 Å². The third-order valence-electron chi connectivity index (χ3n) is 5.24. The van der Waals surface area contributed by atoms with Crippen molar-refractivity contribution in [3.05, 3.63) is 54.1 Å². The average Bonchev–Trinajstić information content (AvgIpc) is 2.94. The molecule has 1 fully saturated rings. The van der Waals surface area contributed by atoms with Crippen LogP contribution in [0.4, 0.5) is 4.39 Å². The molecule has 1 aliphatic rings. The molecule has 0 aliphatic heterocycles. The smallest absolute Gasteiger partial charge is 0.128 e. The number of fused-ring (bicyclic) bond motifs is 1. The first-order chi connectivity index (χ1) is 12.3. The molecule has 0 bridgehead atoms. The van der Waals surface area contributed by atoms with Crippen molar-refractivity contribution < 1.29 is 4.39 Å². The highest BCUT2D eigenvalue weighted by molar-refractivity contribution is 5.81. The Bertz CT molecular complexity index is 847. The van der Waals surface area contributed by atoms with E-state index in [9.17, 15) is 4.39 Å². The van der Waals surface area contributed by atoms with Crippen LogP contribution in [0.15, 0.2) is 42.7 Å². The number of aromatic amines is 1. The zero-order valence-electron chi connectivity index (χ0n) is 14.4. The van der Waals surface area contributed by atoms with Crippen LogP contribution in [-0.4, -0.2) is 16.0 Å². The summed E-state index contributed by atoms with van der Waals surface area (Å²) >= 11 is 0. The van der Waals surface area contributed by atoms with Crippen LogP contribution in [0.1, 0.15) is 44.1 Å². The third-order valence-corrected chi connectivity index (χ3v) is 5.24. The summed E-state index contributed by atoms with van der Waals surface area (Å²) in [5.41, 5.74) is 4.52. The van der Waals surface area contributed by atoms with Gasteiger partial charge in [0.05, 0.1) is 17.4 Å². The Labute approximate surface area is 147 Å². The fourth-order valence-corrected chi connectivity index (χ4v) is 3.72. The van der Waals surface area contributed by atoms with Crippen LogP contribution < -0.4 is 5.32 Å². The SMILES string of the molecule is Fc1cc(-c2ccc3[nH]cnc3c2)ccc1CNC1CCCCCC1. The van der Waals surface area contributed by atoms with Gasteiger partial charge in [-0.2, -0.15) is 0 Å². The highest BCUT2D eigenvalue weighted by Gasteiger charge is 2.13. The average molecular weight is 337 g/mol. The van der Waals surface area contributed by atoms with Crippen LogP contribution >= 0.6 is 0 Å². The molecule has 4 rings (SSSR count). The van der Waals surface area contributed by atoms with E-state index in [-0.39, 0.29) is 5.82 Å². The summed E-state index contributed by atoms with van der Waals surface area (Å²) in [6.07, 6.45) is 9.34. The molecule has 0 saturated heterocycles. The monoisotopic (exact) mass is 337 g/mol. The molecule has 1 aromatic heterocycles. The van der Waals surface area contributed by atoms with Crippen LogP contribution in [-0.2, 0) is 6.54 Å². The molecule has 25 heavy (non-hydrogen) atoms. The lowest BCUT2D eigenvalue weighted by Gasteiger charge is -2.16. The van der Waals surface area contributed by atoms with Gasteiger partial charge in [0.2, 0.25) is 0 Å². The molecule has 4 heteroatoms. The van der Waals surface area contributed by atoms with Gasteiger partial charge in [0.15, 0.2) is 0 Å². The number of halogens is 1. The highest BCUT2D eigenvalue weighted by Crippen LogP contribution is 2.25. The topological polar surface area (TPSA) is 40.7 Å². The molecule has 1 heterocycles. The fraction of sp³-hybridized carbons (Fsp3) is 0.381. The van der Waals surface area contributed by atoms with Gasteiger partial charge in [-0.1, -0.05) is 43.9 Å². The number of H-pyrrole nitrogens is 1. The van der Waals surface area contributed by atoms with Crippen molar-refractivity contribution in [2.45, 2.75) is 51.1 Å². The Morgan fingerprint density at radius 3 is 2.56 bits per heavy atom. The largest absolute Gasteiger partial charge is 0.345 e. The molecule has 3 aromatic rings. The number of hydrogen-bond donors (Lipinski definition) is 2. The Hall–Kier alpha value is -2.20. The summed E-state index contributed by atoms with van der Waals surface area (Å²) in [6, 6.07) is 12.0. The lowest BCUT2D eigenvalue weighted by Crippen LogP contribution is -2.28. The van der Waals surface area contributed by atoms with Gasteiger partial charge in [-0.25, -0.2) is 9.37 Å². The Morgan fingerprint density at radius 1 is 1.00 bits per heavy atom. The van der Waals surface area contributed by atoms with Gasteiger partial charge >= 0.3 is 0 Å². The van der Waals surface area contributed by atoms with Gasteiger partial charge in [-0.05, 0) is 42.2 Å². The summed E-state index contributed by atoms with van der Waals surface area (Å²) in [5, 5.41) is 3.54. The zero-order chi connectivity index (χ0) is 17.1. The molecule has 0 spiro atoms. The summed E-state index contributed by atoms with van der Waals surface area (Å²) in [6.45, 7) is 0.606. The summed E-state index contributed by atoms with van der Waals surface area (Å²) < 4.78 is 14.6. The molecule has 2 N–H and O–H groups in total. The highest BCUT2D eigenvalue weighted by atomic mass is 19.1. The molecule has 2 aromatic carbocycles. The minimum absolute atomic E-state index is 0.138. The zero-order valence-corrected chi connectivity index (χ0v) is 14.4. The maximum atomic E-state index is 14.6. The fourth-order valence-electron chi connectivity index (χ4n) is 3.72. The van der Waals surface area contributed by atoms with E-state index in [4.69, 9.17) is 0 Å². The second kappa shape index (κ2) is 7.36.